The summed E-state index contributed by atoms with van der Waals surface area (Å²) in [5.74, 6) is -0.292. The average Bonchev–Trinajstić information content (AvgIpc) is 2.43. The maximum Gasteiger partial charge on any atom is 0.123 e. The number of halogens is 1. The maximum atomic E-state index is 13.5. The number of hydrogen-bond donors (Lipinski definition) is 1. The molecule has 3 rings (SSSR count). The molecular weight excluding hydrogens is 273 g/mol. The lowest BCUT2D eigenvalue weighted by Crippen LogP contribution is -2.33. The van der Waals surface area contributed by atoms with Gasteiger partial charge in [-0.1, -0.05) is 19.1 Å². The number of aromatic nitrogens is 1. The summed E-state index contributed by atoms with van der Waals surface area (Å²) in [7, 11) is 0. The van der Waals surface area contributed by atoms with Gasteiger partial charge < -0.3 is 5.73 Å². The number of likely N-dealkylation sites (N-methyl/N-ethyl adjacent to an activating group) is 1. The molecule has 104 valence electrons. The van der Waals surface area contributed by atoms with Crippen molar-refractivity contribution in [3.05, 3.63) is 40.8 Å². The molecule has 1 aromatic carbocycles. The highest BCUT2D eigenvalue weighted by Gasteiger charge is 2.23. The third-order valence-corrected chi connectivity index (χ3v) is 4.08. The summed E-state index contributed by atoms with van der Waals surface area (Å²) in [6.07, 6.45) is 0.881. The third kappa shape index (κ3) is 2.17. The maximum absolute atomic E-state index is 13.5. The minimum atomic E-state index is -0.292. The number of fused-ring (bicyclic) bond motifs is 2. The summed E-state index contributed by atoms with van der Waals surface area (Å²) in [5, 5.41) is 0.717. The Bertz CT molecular complexity index is 699. The van der Waals surface area contributed by atoms with Crippen LogP contribution in [0.2, 0.25) is 0 Å². The van der Waals surface area contributed by atoms with E-state index in [9.17, 15) is 4.39 Å². The second kappa shape index (κ2) is 5.07. The number of benzene rings is 1. The fraction of sp³-hybridized carbons (Fsp3) is 0.333. The van der Waals surface area contributed by atoms with E-state index in [1.165, 1.54) is 12.1 Å². The van der Waals surface area contributed by atoms with E-state index >= 15 is 0 Å². The van der Waals surface area contributed by atoms with Crippen molar-refractivity contribution in [2.24, 2.45) is 5.73 Å². The molecule has 0 saturated carbocycles. The Hall–Kier alpha value is -1.59. The van der Waals surface area contributed by atoms with Crippen LogP contribution in [-0.2, 0) is 13.0 Å². The van der Waals surface area contributed by atoms with Crippen molar-refractivity contribution >= 4 is 28.1 Å². The molecule has 2 N–H and O–H groups in total. The molecule has 20 heavy (non-hydrogen) atoms. The van der Waals surface area contributed by atoms with Gasteiger partial charge in [-0.15, -0.1) is 0 Å². The molecule has 1 aromatic heterocycles. The first kappa shape index (κ1) is 13.4. The zero-order chi connectivity index (χ0) is 14.3. The van der Waals surface area contributed by atoms with Crippen LogP contribution in [0.4, 0.5) is 4.39 Å². The molecule has 0 spiro atoms. The number of thiocarbonyl (C=S) groups is 1. The highest BCUT2D eigenvalue weighted by Crippen LogP contribution is 2.28. The third-order valence-electron chi connectivity index (χ3n) is 3.87. The van der Waals surface area contributed by atoms with E-state index < -0.39 is 0 Å². The van der Waals surface area contributed by atoms with Gasteiger partial charge in [0.2, 0.25) is 0 Å². The van der Waals surface area contributed by atoms with Gasteiger partial charge in [-0.2, -0.15) is 0 Å². The van der Waals surface area contributed by atoms with Gasteiger partial charge in [-0.25, -0.2) is 4.39 Å². The zero-order valence-corrected chi connectivity index (χ0v) is 12.1. The molecule has 1 aliphatic rings. The summed E-state index contributed by atoms with van der Waals surface area (Å²) in [6.45, 7) is 4.86. The summed E-state index contributed by atoms with van der Waals surface area (Å²) in [6, 6.07) is 4.59. The van der Waals surface area contributed by atoms with Crippen LogP contribution < -0.4 is 5.73 Å². The summed E-state index contributed by atoms with van der Waals surface area (Å²) < 4.78 is 13.5. The van der Waals surface area contributed by atoms with Crippen LogP contribution in [0.3, 0.4) is 0 Å². The molecule has 0 atom stereocenters. The summed E-state index contributed by atoms with van der Waals surface area (Å²) in [5.41, 5.74) is 9.55. The Morgan fingerprint density at radius 2 is 2.30 bits per heavy atom. The highest BCUT2D eigenvalue weighted by atomic mass is 32.1. The van der Waals surface area contributed by atoms with Crippen LogP contribution in [-0.4, -0.2) is 28.0 Å². The predicted molar refractivity (Wildman–Crippen MR) is 82.2 cm³/mol. The predicted octanol–water partition coefficient (Wildman–Crippen LogP) is 2.39. The monoisotopic (exact) mass is 289 g/mol. The molecule has 0 amide bonds. The molecule has 2 aromatic rings. The van der Waals surface area contributed by atoms with Gasteiger partial charge in [-0.3, -0.25) is 9.88 Å². The van der Waals surface area contributed by atoms with E-state index in [2.05, 4.69) is 16.8 Å². The van der Waals surface area contributed by atoms with E-state index in [1.807, 2.05) is 0 Å². The first-order valence-electron chi connectivity index (χ1n) is 6.73. The number of pyridine rings is 1. The highest BCUT2D eigenvalue weighted by molar-refractivity contribution is 7.80. The minimum absolute atomic E-state index is 0.292. The Labute approximate surface area is 122 Å². The van der Waals surface area contributed by atoms with E-state index in [0.29, 0.717) is 10.4 Å². The smallest absolute Gasteiger partial charge is 0.123 e. The Balaban J connectivity index is 2.30. The zero-order valence-electron chi connectivity index (χ0n) is 11.3. The lowest BCUT2D eigenvalue weighted by atomic mass is 9.95. The van der Waals surface area contributed by atoms with Gasteiger partial charge in [0, 0.05) is 36.2 Å². The van der Waals surface area contributed by atoms with Crippen molar-refractivity contribution in [3.63, 3.8) is 0 Å². The van der Waals surface area contributed by atoms with Gasteiger partial charge in [0.25, 0.3) is 0 Å². The van der Waals surface area contributed by atoms with Crippen molar-refractivity contribution < 1.29 is 4.39 Å². The van der Waals surface area contributed by atoms with Crippen molar-refractivity contribution in [2.75, 3.05) is 13.1 Å². The number of nitrogens with two attached hydrogens (primary N) is 1. The quantitative estimate of drug-likeness (QED) is 0.862. The molecule has 0 unspecified atom stereocenters. The molecular formula is C15H16FN3S. The van der Waals surface area contributed by atoms with Crippen molar-refractivity contribution in [1.82, 2.24) is 9.88 Å². The second-order valence-electron chi connectivity index (χ2n) is 5.06. The largest absolute Gasteiger partial charge is 0.389 e. The summed E-state index contributed by atoms with van der Waals surface area (Å²) in [4.78, 5) is 7.29. The average molecular weight is 289 g/mol. The van der Waals surface area contributed by atoms with E-state index in [-0.39, 0.29) is 5.82 Å². The Morgan fingerprint density at radius 1 is 1.50 bits per heavy atom. The van der Waals surface area contributed by atoms with Gasteiger partial charge in [0.15, 0.2) is 0 Å². The van der Waals surface area contributed by atoms with Crippen molar-refractivity contribution in [2.45, 2.75) is 19.9 Å². The molecule has 1 aliphatic heterocycles. The standard InChI is InChI=1S/C15H16FN3S/c1-2-19-6-5-13-11(8-19)14(15(17)20)10-7-9(16)3-4-12(10)18-13/h3-4,7H,2,5-6,8H2,1H3,(H2,17,20). The summed E-state index contributed by atoms with van der Waals surface area (Å²) >= 11 is 5.20. The fourth-order valence-electron chi connectivity index (χ4n) is 2.82. The van der Waals surface area contributed by atoms with Gasteiger partial charge in [0.1, 0.15) is 10.8 Å². The normalized spacial score (nSPS) is 15.3. The number of hydrogen-bond acceptors (Lipinski definition) is 3. The Morgan fingerprint density at radius 3 is 3.00 bits per heavy atom. The van der Waals surface area contributed by atoms with Crippen LogP contribution in [0.15, 0.2) is 18.2 Å². The first-order chi connectivity index (χ1) is 9.60. The SMILES string of the molecule is CCN1CCc2nc3ccc(F)cc3c(C(N)=S)c2C1. The lowest BCUT2D eigenvalue weighted by molar-refractivity contribution is 0.266. The van der Waals surface area contributed by atoms with Gasteiger partial charge in [-0.05, 0) is 30.3 Å². The topological polar surface area (TPSA) is 42.2 Å². The number of rotatable bonds is 2. The molecule has 5 heteroatoms. The van der Waals surface area contributed by atoms with E-state index in [1.54, 1.807) is 6.07 Å². The van der Waals surface area contributed by atoms with Gasteiger partial charge >= 0.3 is 0 Å². The van der Waals surface area contributed by atoms with E-state index in [4.69, 9.17) is 18.0 Å². The first-order valence-corrected chi connectivity index (χ1v) is 7.14. The molecule has 0 bridgehead atoms. The van der Waals surface area contributed by atoms with Crippen LogP contribution >= 0.6 is 12.2 Å². The molecule has 2 heterocycles. The van der Waals surface area contributed by atoms with E-state index in [0.717, 1.165) is 48.4 Å². The van der Waals surface area contributed by atoms with Gasteiger partial charge in [0.05, 0.1) is 5.52 Å². The molecule has 0 saturated heterocycles. The fourth-order valence-corrected chi connectivity index (χ4v) is 3.05. The Kier molecular flexibility index (Phi) is 3.40. The second-order valence-corrected chi connectivity index (χ2v) is 5.50. The molecule has 0 aliphatic carbocycles. The van der Waals surface area contributed by atoms with Crippen LogP contribution in [0.1, 0.15) is 23.7 Å². The van der Waals surface area contributed by atoms with Crippen molar-refractivity contribution in [3.8, 4) is 0 Å². The molecule has 3 nitrogen and oxygen atoms in total. The molecule has 0 radical (unpaired) electrons. The van der Waals surface area contributed by atoms with Crippen LogP contribution in [0.5, 0.6) is 0 Å². The van der Waals surface area contributed by atoms with Crippen LogP contribution in [0.25, 0.3) is 10.9 Å². The molecule has 0 fully saturated rings. The lowest BCUT2D eigenvalue weighted by Gasteiger charge is -2.29. The minimum Gasteiger partial charge on any atom is -0.389 e. The number of nitrogens with zero attached hydrogens (tertiary/aromatic N) is 2. The van der Waals surface area contributed by atoms with Crippen molar-refractivity contribution in [1.29, 1.82) is 0 Å². The van der Waals surface area contributed by atoms with Crippen LogP contribution in [0, 0.1) is 5.82 Å².